The van der Waals surface area contributed by atoms with Crippen LogP contribution < -0.4 is 11.1 Å². The van der Waals surface area contributed by atoms with Crippen LogP contribution in [0.15, 0.2) is 24.3 Å². The summed E-state index contributed by atoms with van der Waals surface area (Å²) in [6.07, 6.45) is 0.746. The SMILES string of the molecule is CC(=O)N(C)CC(=O)NCCc1ccc(N)cc1.Cl. The molecule has 19 heavy (non-hydrogen) atoms. The van der Waals surface area contributed by atoms with E-state index in [0.29, 0.717) is 6.54 Å². The van der Waals surface area contributed by atoms with Crippen LogP contribution in [-0.2, 0) is 16.0 Å². The largest absolute Gasteiger partial charge is 0.399 e. The van der Waals surface area contributed by atoms with E-state index < -0.39 is 0 Å². The van der Waals surface area contributed by atoms with Crippen molar-refractivity contribution in [2.45, 2.75) is 13.3 Å². The number of nitrogens with zero attached hydrogens (tertiary/aromatic N) is 1. The lowest BCUT2D eigenvalue weighted by atomic mass is 10.1. The quantitative estimate of drug-likeness (QED) is 0.787. The molecule has 0 atom stereocenters. The molecule has 3 N–H and O–H groups in total. The van der Waals surface area contributed by atoms with E-state index >= 15 is 0 Å². The highest BCUT2D eigenvalue weighted by Gasteiger charge is 2.07. The summed E-state index contributed by atoms with van der Waals surface area (Å²) in [5.41, 5.74) is 7.42. The van der Waals surface area contributed by atoms with E-state index in [1.165, 1.54) is 11.8 Å². The van der Waals surface area contributed by atoms with Crippen LogP contribution in [0.3, 0.4) is 0 Å². The van der Waals surface area contributed by atoms with Gasteiger partial charge in [-0.25, -0.2) is 0 Å². The fraction of sp³-hybridized carbons (Fsp3) is 0.385. The highest BCUT2D eigenvalue weighted by Crippen LogP contribution is 2.05. The Kier molecular flexibility index (Phi) is 7.60. The Morgan fingerprint density at radius 2 is 1.84 bits per heavy atom. The Hall–Kier alpha value is -1.75. The molecule has 0 radical (unpaired) electrons. The van der Waals surface area contributed by atoms with Crippen LogP contribution in [0.1, 0.15) is 12.5 Å². The molecule has 0 unspecified atom stereocenters. The summed E-state index contributed by atoms with van der Waals surface area (Å²) in [4.78, 5) is 23.8. The predicted octanol–water partition coefficient (Wildman–Crippen LogP) is 0.828. The first kappa shape index (κ1) is 17.2. The third-order valence-electron chi connectivity index (χ3n) is 2.63. The van der Waals surface area contributed by atoms with Gasteiger partial charge in [-0.2, -0.15) is 0 Å². The third kappa shape index (κ3) is 6.67. The number of anilines is 1. The Balaban J connectivity index is 0.00000324. The second-order valence-corrected chi connectivity index (χ2v) is 4.22. The smallest absolute Gasteiger partial charge is 0.239 e. The summed E-state index contributed by atoms with van der Waals surface area (Å²) in [6.45, 7) is 2.08. The first-order valence-corrected chi connectivity index (χ1v) is 5.82. The standard InChI is InChI=1S/C13H19N3O2.ClH/c1-10(17)16(2)9-13(18)15-8-7-11-3-5-12(14)6-4-11;/h3-6H,7-9,14H2,1-2H3,(H,15,18);1H. The number of hydrogen-bond acceptors (Lipinski definition) is 3. The molecule has 0 aliphatic heterocycles. The monoisotopic (exact) mass is 285 g/mol. The predicted molar refractivity (Wildman–Crippen MR) is 78.1 cm³/mol. The molecule has 1 rings (SSSR count). The molecule has 5 nitrogen and oxygen atoms in total. The van der Waals surface area contributed by atoms with Crippen molar-refractivity contribution >= 4 is 29.9 Å². The molecule has 0 aliphatic rings. The minimum Gasteiger partial charge on any atom is -0.399 e. The zero-order valence-corrected chi connectivity index (χ0v) is 12.0. The van der Waals surface area contributed by atoms with E-state index in [1.807, 2.05) is 24.3 Å². The maximum absolute atomic E-state index is 11.5. The lowest BCUT2D eigenvalue weighted by Crippen LogP contribution is -2.38. The van der Waals surface area contributed by atoms with E-state index in [-0.39, 0.29) is 30.8 Å². The molecule has 106 valence electrons. The topological polar surface area (TPSA) is 75.4 Å². The molecule has 0 saturated heterocycles. The number of hydrogen-bond donors (Lipinski definition) is 2. The van der Waals surface area contributed by atoms with Crippen LogP contribution in [0.5, 0.6) is 0 Å². The van der Waals surface area contributed by atoms with E-state index in [1.54, 1.807) is 7.05 Å². The number of nitrogens with two attached hydrogens (primary N) is 1. The van der Waals surface area contributed by atoms with Gasteiger partial charge in [0, 0.05) is 26.2 Å². The van der Waals surface area contributed by atoms with Crippen molar-refractivity contribution in [2.75, 3.05) is 25.9 Å². The van der Waals surface area contributed by atoms with E-state index in [2.05, 4.69) is 5.32 Å². The lowest BCUT2D eigenvalue weighted by Gasteiger charge is -2.14. The van der Waals surface area contributed by atoms with Gasteiger partial charge in [0.1, 0.15) is 0 Å². The number of carbonyl (C=O) groups is 2. The Morgan fingerprint density at radius 3 is 2.37 bits per heavy atom. The molecular weight excluding hydrogens is 266 g/mol. The third-order valence-corrected chi connectivity index (χ3v) is 2.63. The first-order valence-electron chi connectivity index (χ1n) is 5.82. The van der Waals surface area contributed by atoms with E-state index in [4.69, 9.17) is 5.73 Å². The highest BCUT2D eigenvalue weighted by atomic mass is 35.5. The van der Waals surface area contributed by atoms with Gasteiger partial charge in [-0.1, -0.05) is 12.1 Å². The van der Waals surface area contributed by atoms with Gasteiger partial charge in [0.25, 0.3) is 0 Å². The van der Waals surface area contributed by atoms with Gasteiger partial charge in [0.05, 0.1) is 6.54 Å². The summed E-state index contributed by atoms with van der Waals surface area (Å²) in [7, 11) is 1.60. The molecule has 2 amide bonds. The average molecular weight is 286 g/mol. The van der Waals surface area contributed by atoms with Crippen molar-refractivity contribution in [3.8, 4) is 0 Å². The van der Waals surface area contributed by atoms with E-state index in [0.717, 1.165) is 17.7 Å². The zero-order chi connectivity index (χ0) is 13.5. The molecule has 1 aromatic carbocycles. The zero-order valence-electron chi connectivity index (χ0n) is 11.2. The molecular formula is C13H20ClN3O2. The maximum atomic E-state index is 11.5. The number of nitrogens with one attached hydrogen (secondary N) is 1. The normalized spacial score (nSPS) is 9.37. The number of amides is 2. The number of nitrogen functional groups attached to an aromatic ring is 1. The molecule has 0 saturated carbocycles. The van der Waals surface area contributed by atoms with Gasteiger partial charge in [0.2, 0.25) is 11.8 Å². The van der Waals surface area contributed by atoms with Crippen LogP contribution >= 0.6 is 12.4 Å². The molecule has 0 bridgehead atoms. The fourth-order valence-electron chi connectivity index (χ4n) is 1.41. The summed E-state index contributed by atoms with van der Waals surface area (Å²) >= 11 is 0. The van der Waals surface area contributed by atoms with Gasteiger partial charge in [-0.3, -0.25) is 9.59 Å². The average Bonchev–Trinajstić information content (AvgIpc) is 2.31. The summed E-state index contributed by atoms with van der Waals surface area (Å²) in [5.74, 6) is -0.271. The maximum Gasteiger partial charge on any atom is 0.239 e. The minimum absolute atomic E-state index is 0. The van der Waals surface area contributed by atoms with Crippen molar-refractivity contribution in [2.24, 2.45) is 0 Å². The molecule has 0 aromatic heterocycles. The van der Waals surface area contributed by atoms with Crippen molar-refractivity contribution in [3.05, 3.63) is 29.8 Å². The molecule has 0 aliphatic carbocycles. The van der Waals surface area contributed by atoms with Crippen LogP contribution in [-0.4, -0.2) is 36.9 Å². The first-order chi connectivity index (χ1) is 8.49. The number of carbonyl (C=O) groups excluding carboxylic acids is 2. The molecule has 0 fully saturated rings. The second kappa shape index (κ2) is 8.37. The van der Waals surface area contributed by atoms with Crippen molar-refractivity contribution < 1.29 is 9.59 Å². The Morgan fingerprint density at radius 1 is 1.26 bits per heavy atom. The van der Waals surface area contributed by atoms with Crippen LogP contribution in [0.2, 0.25) is 0 Å². The summed E-state index contributed by atoms with van der Waals surface area (Å²) in [5, 5.41) is 2.77. The number of halogens is 1. The molecule has 0 spiro atoms. The Bertz CT molecular complexity index is 420. The molecule has 1 aromatic rings. The van der Waals surface area contributed by atoms with E-state index in [9.17, 15) is 9.59 Å². The van der Waals surface area contributed by atoms with Gasteiger partial charge < -0.3 is 16.0 Å². The molecule has 0 heterocycles. The van der Waals surface area contributed by atoms with Crippen molar-refractivity contribution in [1.29, 1.82) is 0 Å². The van der Waals surface area contributed by atoms with Gasteiger partial charge >= 0.3 is 0 Å². The number of benzene rings is 1. The van der Waals surface area contributed by atoms with Crippen LogP contribution in [0.25, 0.3) is 0 Å². The van der Waals surface area contributed by atoms with Gasteiger partial charge in [-0.05, 0) is 24.1 Å². The lowest BCUT2D eigenvalue weighted by molar-refractivity contribution is -0.133. The van der Waals surface area contributed by atoms with Gasteiger partial charge in [0.15, 0.2) is 0 Å². The highest BCUT2D eigenvalue weighted by molar-refractivity contribution is 5.85. The minimum atomic E-state index is -0.150. The van der Waals surface area contributed by atoms with Crippen LogP contribution in [0.4, 0.5) is 5.69 Å². The second-order valence-electron chi connectivity index (χ2n) is 4.22. The van der Waals surface area contributed by atoms with Crippen molar-refractivity contribution in [1.82, 2.24) is 10.2 Å². The molecule has 6 heteroatoms. The van der Waals surface area contributed by atoms with Crippen molar-refractivity contribution in [3.63, 3.8) is 0 Å². The van der Waals surface area contributed by atoms with Gasteiger partial charge in [-0.15, -0.1) is 12.4 Å². The van der Waals surface area contributed by atoms with Crippen LogP contribution in [0, 0.1) is 0 Å². The number of likely N-dealkylation sites (N-methyl/N-ethyl adjacent to an activating group) is 1. The number of rotatable bonds is 5. The Labute approximate surface area is 119 Å². The fourth-order valence-corrected chi connectivity index (χ4v) is 1.41. The summed E-state index contributed by atoms with van der Waals surface area (Å²) in [6, 6.07) is 7.54. The summed E-state index contributed by atoms with van der Waals surface area (Å²) < 4.78 is 0.